The molecule has 3 rings (SSSR count). The van der Waals surface area contributed by atoms with Crippen molar-refractivity contribution >= 4 is 17.7 Å². The Morgan fingerprint density at radius 1 is 1.13 bits per heavy atom. The summed E-state index contributed by atoms with van der Waals surface area (Å²) in [5, 5.41) is 2.82. The second-order valence-electron chi connectivity index (χ2n) is 7.00. The Kier molecular flexibility index (Phi) is 7.13. The molecule has 0 bridgehead atoms. The van der Waals surface area contributed by atoms with Gasteiger partial charge in [-0.2, -0.15) is 0 Å². The highest BCUT2D eigenvalue weighted by Crippen LogP contribution is 2.24. The minimum Gasteiger partial charge on any atom is -0.475 e. The summed E-state index contributed by atoms with van der Waals surface area (Å²) < 4.78 is 10.5. The summed E-state index contributed by atoms with van der Waals surface area (Å²) in [6, 6.07) is 8.82. The number of carbonyl (C=O) groups is 3. The maximum absolute atomic E-state index is 12.5. The lowest BCUT2D eigenvalue weighted by molar-refractivity contribution is -0.121. The van der Waals surface area contributed by atoms with Gasteiger partial charge in [0.2, 0.25) is 11.8 Å². The molecule has 3 amide bonds. The van der Waals surface area contributed by atoms with Gasteiger partial charge >= 0.3 is 0 Å². The third-order valence-electron chi connectivity index (χ3n) is 4.76. The van der Waals surface area contributed by atoms with Crippen LogP contribution in [0.2, 0.25) is 0 Å². The second kappa shape index (κ2) is 9.98. The Bertz CT molecular complexity index is 944. The Morgan fingerprint density at radius 3 is 2.73 bits per heavy atom. The smallest absolute Gasteiger partial charge is 0.261 e. The highest BCUT2D eigenvalue weighted by atomic mass is 16.5. The summed E-state index contributed by atoms with van der Waals surface area (Å²) in [4.78, 5) is 42.5. The van der Waals surface area contributed by atoms with Crippen molar-refractivity contribution in [2.45, 2.75) is 26.3 Å². The standard InChI is InChI=1S/C22H25N3O5/c1-15-7-8-17-18(13-15)22(28)25(21(17)27)10-4-6-19(26)24-14-16-5-3-9-23-20(16)30-12-11-29-2/h3,5,7-9,13H,4,6,10-12,14H2,1-2H3,(H,24,26). The average molecular weight is 411 g/mol. The molecular formula is C22H25N3O5. The molecule has 1 aliphatic rings. The number of hydrogen-bond acceptors (Lipinski definition) is 6. The largest absolute Gasteiger partial charge is 0.475 e. The van der Waals surface area contributed by atoms with Gasteiger partial charge in [-0.3, -0.25) is 19.3 Å². The quantitative estimate of drug-likeness (QED) is 0.475. The van der Waals surface area contributed by atoms with E-state index in [1.807, 2.05) is 19.1 Å². The van der Waals surface area contributed by atoms with Gasteiger partial charge in [-0.05, 0) is 31.5 Å². The lowest BCUT2D eigenvalue weighted by Gasteiger charge is -2.14. The van der Waals surface area contributed by atoms with E-state index in [4.69, 9.17) is 9.47 Å². The third kappa shape index (κ3) is 5.01. The van der Waals surface area contributed by atoms with E-state index in [0.717, 1.165) is 11.1 Å². The molecule has 0 unspecified atom stereocenters. The number of hydrogen-bond donors (Lipinski definition) is 1. The Balaban J connectivity index is 1.46. The number of methoxy groups -OCH3 is 1. The molecule has 0 saturated heterocycles. The van der Waals surface area contributed by atoms with Crippen LogP contribution in [0, 0.1) is 6.92 Å². The van der Waals surface area contributed by atoms with Crippen molar-refractivity contribution in [2.24, 2.45) is 0 Å². The van der Waals surface area contributed by atoms with Gasteiger partial charge in [0.05, 0.1) is 17.7 Å². The van der Waals surface area contributed by atoms with E-state index in [-0.39, 0.29) is 37.2 Å². The van der Waals surface area contributed by atoms with E-state index < -0.39 is 0 Å². The van der Waals surface area contributed by atoms with E-state index in [0.29, 0.717) is 36.6 Å². The van der Waals surface area contributed by atoms with Crippen LogP contribution in [-0.2, 0) is 16.1 Å². The molecule has 8 nitrogen and oxygen atoms in total. The van der Waals surface area contributed by atoms with Gasteiger partial charge in [0, 0.05) is 38.4 Å². The number of fused-ring (bicyclic) bond motifs is 1. The molecule has 30 heavy (non-hydrogen) atoms. The molecule has 0 radical (unpaired) electrons. The lowest BCUT2D eigenvalue weighted by atomic mass is 10.1. The van der Waals surface area contributed by atoms with Crippen molar-refractivity contribution in [1.82, 2.24) is 15.2 Å². The molecular weight excluding hydrogens is 386 g/mol. The van der Waals surface area contributed by atoms with Crippen molar-refractivity contribution < 1.29 is 23.9 Å². The molecule has 158 valence electrons. The van der Waals surface area contributed by atoms with Gasteiger partial charge in [-0.1, -0.05) is 17.7 Å². The number of pyridine rings is 1. The first-order valence-corrected chi connectivity index (χ1v) is 9.80. The zero-order valence-electron chi connectivity index (χ0n) is 17.1. The number of amides is 3. The summed E-state index contributed by atoms with van der Waals surface area (Å²) >= 11 is 0. The van der Waals surface area contributed by atoms with E-state index in [2.05, 4.69) is 10.3 Å². The van der Waals surface area contributed by atoms with Gasteiger partial charge in [0.15, 0.2) is 0 Å². The van der Waals surface area contributed by atoms with Crippen LogP contribution >= 0.6 is 0 Å². The van der Waals surface area contributed by atoms with E-state index >= 15 is 0 Å². The number of aryl methyl sites for hydroxylation is 1. The molecule has 0 atom stereocenters. The zero-order chi connectivity index (χ0) is 21.5. The number of nitrogens with one attached hydrogen (secondary N) is 1. The first-order valence-electron chi connectivity index (χ1n) is 9.80. The number of carbonyl (C=O) groups excluding carboxylic acids is 3. The van der Waals surface area contributed by atoms with Crippen LogP contribution in [0.3, 0.4) is 0 Å². The zero-order valence-corrected chi connectivity index (χ0v) is 17.1. The topological polar surface area (TPSA) is 97.8 Å². The molecule has 0 fully saturated rings. The molecule has 2 aromatic rings. The molecule has 0 saturated carbocycles. The molecule has 1 aromatic carbocycles. The Hall–Kier alpha value is -3.26. The first kappa shape index (κ1) is 21.4. The summed E-state index contributed by atoms with van der Waals surface area (Å²) in [5.74, 6) is -0.318. The van der Waals surface area contributed by atoms with Gasteiger partial charge in [-0.25, -0.2) is 4.98 Å². The van der Waals surface area contributed by atoms with Crippen LogP contribution in [0.25, 0.3) is 0 Å². The SMILES string of the molecule is COCCOc1ncccc1CNC(=O)CCCN1C(=O)c2ccc(C)cc2C1=O. The molecule has 2 heterocycles. The van der Waals surface area contributed by atoms with Gasteiger partial charge in [-0.15, -0.1) is 0 Å². The van der Waals surface area contributed by atoms with Crippen LogP contribution in [0.15, 0.2) is 36.5 Å². The Morgan fingerprint density at radius 2 is 1.93 bits per heavy atom. The molecule has 8 heteroatoms. The van der Waals surface area contributed by atoms with Crippen molar-refractivity contribution in [3.05, 3.63) is 58.8 Å². The summed E-state index contributed by atoms with van der Waals surface area (Å²) in [7, 11) is 1.59. The maximum Gasteiger partial charge on any atom is 0.261 e. The van der Waals surface area contributed by atoms with Crippen molar-refractivity contribution in [3.63, 3.8) is 0 Å². The maximum atomic E-state index is 12.5. The van der Waals surface area contributed by atoms with E-state index in [9.17, 15) is 14.4 Å². The number of benzene rings is 1. The monoisotopic (exact) mass is 411 g/mol. The minimum atomic E-state index is -0.302. The summed E-state index contributed by atoms with van der Waals surface area (Å²) in [6.45, 7) is 3.17. The van der Waals surface area contributed by atoms with Crippen molar-refractivity contribution in [2.75, 3.05) is 26.9 Å². The molecule has 0 aliphatic carbocycles. The fourth-order valence-corrected chi connectivity index (χ4v) is 3.20. The highest BCUT2D eigenvalue weighted by molar-refractivity contribution is 6.21. The third-order valence-corrected chi connectivity index (χ3v) is 4.76. The predicted octanol–water partition coefficient (Wildman–Crippen LogP) is 2.11. The highest BCUT2D eigenvalue weighted by Gasteiger charge is 2.34. The van der Waals surface area contributed by atoms with Gasteiger partial charge < -0.3 is 14.8 Å². The summed E-state index contributed by atoms with van der Waals surface area (Å²) in [6.07, 6.45) is 2.21. The Labute approximate surface area is 175 Å². The predicted molar refractivity (Wildman–Crippen MR) is 109 cm³/mol. The van der Waals surface area contributed by atoms with E-state index in [1.54, 1.807) is 31.5 Å². The number of aromatic nitrogens is 1. The average Bonchev–Trinajstić information content (AvgIpc) is 2.97. The van der Waals surface area contributed by atoms with Crippen LogP contribution in [0.5, 0.6) is 5.88 Å². The van der Waals surface area contributed by atoms with Gasteiger partial charge in [0.1, 0.15) is 6.61 Å². The van der Waals surface area contributed by atoms with Crippen LogP contribution in [-0.4, -0.2) is 54.5 Å². The molecule has 1 aromatic heterocycles. The number of imide groups is 1. The lowest BCUT2D eigenvalue weighted by Crippen LogP contribution is -2.32. The van der Waals surface area contributed by atoms with Crippen LogP contribution in [0.4, 0.5) is 0 Å². The number of nitrogens with zero attached hydrogens (tertiary/aromatic N) is 2. The van der Waals surface area contributed by atoms with Crippen LogP contribution in [0.1, 0.15) is 44.7 Å². The van der Waals surface area contributed by atoms with Crippen molar-refractivity contribution in [1.29, 1.82) is 0 Å². The fraction of sp³-hybridized carbons (Fsp3) is 0.364. The summed E-state index contributed by atoms with van der Waals surface area (Å²) in [5.41, 5.74) is 2.55. The normalized spacial score (nSPS) is 12.8. The number of rotatable bonds is 10. The first-order chi connectivity index (χ1) is 14.5. The number of ether oxygens (including phenoxy) is 2. The molecule has 0 spiro atoms. The fourth-order valence-electron chi connectivity index (χ4n) is 3.20. The van der Waals surface area contributed by atoms with Crippen LogP contribution < -0.4 is 10.1 Å². The molecule has 1 N–H and O–H groups in total. The van der Waals surface area contributed by atoms with Crippen molar-refractivity contribution in [3.8, 4) is 5.88 Å². The minimum absolute atomic E-state index is 0.172. The van der Waals surface area contributed by atoms with E-state index in [1.165, 1.54) is 4.90 Å². The molecule has 1 aliphatic heterocycles. The second-order valence-corrected chi connectivity index (χ2v) is 7.00. The van der Waals surface area contributed by atoms with Gasteiger partial charge in [0.25, 0.3) is 11.8 Å².